The normalized spacial score (nSPS) is 15.3. The molecule has 36 heavy (non-hydrogen) atoms. The number of benzene rings is 1. The Bertz CT molecular complexity index is 1310. The van der Waals surface area contributed by atoms with E-state index in [1.165, 1.54) is 30.5 Å². The molecule has 0 saturated carbocycles. The van der Waals surface area contributed by atoms with E-state index >= 15 is 0 Å². The van der Waals surface area contributed by atoms with Gasteiger partial charge in [0, 0.05) is 42.3 Å². The van der Waals surface area contributed by atoms with Gasteiger partial charge in [-0.15, -0.1) is 8.78 Å². The molecule has 1 atom stereocenters. The lowest BCUT2D eigenvalue weighted by molar-refractivity contribution is -0.0964. The third-order valence-corrected chi connectivity index (χ3v) is 5.42. The summed E-state index contributed by atoms with van der Waals surface area (Å²) < 4.78 is 29.8. The molecule has 3 heterocycles. The van der Waals surface area contributed by atoms with Crippen molar-refractivity contribution in [3.05, 3.63) is 65.6 Å². The van der Waals surface area contributed by atoms with Crippen molar-refractivity contribution in [2.24, 2.45) is 0 Å². The van der Waals surface area contributed by atoms with Gasteiger partial charge in [-0.2, -0.15) is 5.26 Å². The van der Waals surface area contributed by atoms with Gasteiger partial charge in [0.25, 0.3) is 5.91 Å². The predicted octanol–water partition coefficient (Wildman–Crippen LogP) is 4.39. The van der Waals surface area contributed by atoms with Crippen LogP contribution in [0.2, 0.25) is 0 Å². The highest BCUT2D eigenvalue weighted by atomic mass is 35.5. The molecule has 1 aromatic carbocycles. The number of ether oxygens (including phenoxy) is 1. The fourth-order valence-corrected chi connectivity index (χ4v) is 3.78. The number of alkyl halides is 3. The van der Waals surface area contributed by atoms with Crippen LogP contribution in [-0.4, -0.2) is 45.7 Å². The Hall–Kier alpha value is -4.01. The average Bonchev–Trinajstić information content (AvgIpc) is 3.26. The summed E-state index contributed by atoms with van der Waals surface area (Å²) in [4.78, 5) is 23.5. The Morgan fingerprint density at radius 3 is 2.67 bits per heavy atom. The summed E-state index contributed by atoms with van der Waals surface area (Å²) in [6.07, 6.45) is 1.47. The van der Waals surface area contributed by atoms with Gasteiger partial charge in [-0.25, -0.2) is 9.97 Å². The van der Waals surface area contributed by atoms with E-state index < -0.39 is 17.6 Å². The van der Waals surface area contributed by atoms with Gasteiger partial charge >= 0.3 is 5.57 Å². The van der Waals surface area contributed by atoms with Gasteiger partial charge in [-0.1, -0.05) is 0 Å². The van der Waals surface area contributed by atoms with E-state index in [1.54, 1.807) is 25.1 Å². The zero-order valence-electron chi connectivity index (χ0n) is 19.0. The van der Waals surface area contributed by atoms with Crippen LogP contribution < -0.4 is 20.3 Å². The zero-order valence-corrected chi connectivity index (χ0v) is 19.8. The van der Waals surface area contributed by atoms with Crippen molar-refractivity contribution in [1.82, 2.24) is 9.97 Å². The number of amides is 1. The van der Waals surface area contributed by atoms with E-state index in [0.29, 0.717) is 48.1 Å². The minimum atomic E-state index is -3.84. The van der Waals surface area contributed by atoms with Crippen LogP contribution in [0, 0.1) is 18.3 Å². The fourth-order valence-electron chi connectivity index (χ4n) is 3.69. The minimum Gasteiger partial charge on any atom is -0.420 e. The van der Waals surface area contributed by atoms with Gasteiger partial charge in [0.1, 0.15) is 11.8 Å². The number of nitrogens with one attached hydrogen (secondary N) is 2. The first kappa shape index (κ1) is 25.1. The van der Waals surface area contributed by atoms with E-state index in [9.17, 15) is 23.9 Å². The molecular formula is C24H21ClF2N6O3. The first-order valence-electron chi connectivity index (χ1n) is 10.9. The van der Waals surface area contributed by atoms with Gasteiger partial charge in [0.15, 0.2) is 11.5 Å². The summed E-state index contributed by atoms with van der Waals surface area (Å²) in [5.74, 6) is -0.160. The number of aryl methyl sites for hydroxylation is 1. The molecule has 1 fully saturated rings. The molecule has 0 unspecified atom stereocenters. The number of aliphatic hydroxyl groups excluding tert-OH is 1. The maximum atomic E-state index is 12.9. The van der Waals surface area contributed by atoms with Crippen molar-refractivity contribution < 1.29 is 23.4 Å². The second-order valence-electron chi connectivity index (χ2n) is 8.10. The van der Waals surface area contributed by atoms with Gasteiger partial charge < -0.3 is 25.4 Å². The highest BCUT2D eigenvalue weighted by Gasteiger charge is 2.28. The van der Waals surface area contributed by atoms with Crippen molar-refractivity contribution in [3.8, 4) is 11.8 Å². The molecule has 1 aliphatic rings. The number of aromatic nitrogens is 2. The van der Waals surface area contributed by atoms with Crippen LogP contribution in [0.4, 0.5) is 31.7 Å². The molecule has 3 aromatic rings. The van der Waals surface area contributed by atoms with Crippen LogP contribution in [0.3, 0.4) is 0 Å². The molecule has 0 radical (unpaired) electrons. The van der Waals surface area contributed by atoms with E-state index in [0.717, 1.165) is 0 Å². The number of anilines is 4. The third kappa shape index (κ3) is 6.16. The number of nitrogens with zero attached hydrogens (tertiary/aromatic N) is 4. The number of hydrogen-bond donors (Lipinski definition) is 3. The standard InChI is InChI=1S/C24H21ClF2N6O3/c1-14-2-7-19(21(11-28)30-14)32-20-10-15(12-29-22(20)33-9-8-17(34)13-33)23(35)31-16-3-5-18(6-4-16)36-24(25,26)27/h2-7,10,12,17,32,34H,8-9,13H2,1H3,(H,31,35)/t17-/m1/s1. The Morgan fingerprint density at radius 2 is 2.03 bits per heavy atom. The van der Waals surface area contributed by atoms with Crippen LogP contribution in [0.5, 0.6) is 5.75 Å². The number of halogens is 3. The van der Waals surface area contributed by atoms with Gasteiger partial charge in [-0.05, 0) is 55.8 Å². The number of nitriles is 1. The Kier molecular flexibility index (Phi) is 7.19. The number of carbonyl (C=O) groups excluding carboxylic acids is 1. The average molecular weight is 515 g/mol. The number of β-amino-alcohol motifs (C(OH)–C–C–N with tert-alkyl or cyclic N) is 1. The van der Waals surface area contributed by atoms with Crippen LogP contribution in [0.15, 0.2) is 48.7 Å². The predicted molar refractivity (Wildman–Crippen MR) is 130 cm³/mol. The molecule has 0 bridgehead atoms. The van der Waals surface area contributed by atoms with E-state index in [4.69, 9.17) is 11.6 Å². The highest BCUT2D eigenvalue weighted by molar-refractivity contribution is 6.20. The second-order valence-corrected chi connectivity index (χ2v) is 8.54. The van der Waals surface area contributed by atoms with E-state index in [1.807, 2.05) is 11.0 Å². The highest BCUT2D eigenvalue weighted by Crippen LogP contribution is 2.32. The molecule has 12 heteroatoms. The Balaban J connectivity index is 1.60. The van der Waals surface area contributed by atoms with Gasteiger partial charge in [0.2, 0.25) is 0 Å². The lowest BCUT2D eigenvalue weighted by atomic mass is 10.2. The summed E-state index contributed by atoms with van der Waals surface area (Å²) in [5.41, 5.74) is -1.56. The van der Waals surface area contributed by atoms with Crippen LogP contribution in [0.25, 0.3) is 0 Å². The lowest BCUT2D eigenvalue weighted by Gasteiger charge is -2.22. The van der Waals surface area contributed by atoms with Crippen molar-refractivity contribution in [2.75, 3.05) is 28.6 Å². The first-order valence-corrected chi connectivity index (χ1v) is 11.2. The molecule has 3 N–H and O–H groups in total. The van der Waals surface area contributed by atoms with Crippen LogP contribution in [-0.2, 0) is 0 Å². The largest absolute Gasteiger partial charge is 0.487 e. The number of rotatable bonds is 7. The quantitative estimate of drug-likeness (QED) is 0.397. The molecule has 0 aliphatic carbocycles. The monoisotopic (exact) mass is 514 g/mol. The molecule has 0 spiro atoms. The summed E-state index contributed by atoms with van der Waals surface area (Å²) in [6.45, 7) is 2.72. The molecule has 1 saturated heterocycles. The Morgan fingerprint density at radius 1 is 1.28 bits per heavy atom. The van der Waals surface area contributed by atoms with Crippen LogP contribution >= 0.6 is 11.6 Å². The summed E-state index contributed by atoms with van der Waals surface area (Å²) >= 11 is 4.76. The van der Waals surface area contributed by atoms with Crippen molar-refractivity contribution in [3.63, 3.8) is 0 Å². The molecule has 2 aromatic heterocycles. The summed E-state index contributed by atoms with van der Waals surface area (Å²) in [7, 11) is 0. The molecule has 1 aliphatic heterocycles. The number of pyridine rings is 2. The molecule has 9 nitrogen and oxygen atoms in total. The molecular weight excluding hydrogens is 494 g/mol. The SMILES string of the molecule is Cc1ccc(Nc2cc(C(=O)Nc3ccc(OC(F)(F)Cl)cc3)cnc2N2CC[C@@H](O)C2)c(C#N)n1. The first-order chi connectivity index (χ1) is 17.1. The summed E-state index contributed by atoms with van der Waals surface area (Å²) in [6, 6.07) is 12.4. The lowest BCUT2D eigenvalue weighted by Crippen LogP contribution is -2.24. The molecule has 186 valence electrons. The number of carbonyl (C=O) groups is 1. The second kappa shape index (κ2) is 10.3. The smallest absolute Gasteiger partial charge is 0.420 e. The fraction of sp³-hybridized carbons (Fsp3) is 0.250. The topological polar surface area (TPSA) is 123 Å². The van der Waals surface area contributed by atoms with Crippen LogP contribution in [0.1, 0.15) is 28.2 Å². The maximum absolute atomic E-state index is 12.9. The third-order valence-electron chi connectivity index (χ3n) is 5.35. The van der Waals surface area contributed by atoms with Gasteiger partial charge in [-0.3, -0.25) is 4.79 Å². The maximum Gasteiger partial charge on any atom is 0.487 e. The van der Waals surface area contributed by atoms with Crippen molar-refractivity contribution in [2.45, 2.75) is 25.0 Å². The van der Waals surface area contributed by atoms with Gasteiger partial charge in [0.05, 0.1) is 23.0 Å². The molecule has 1 amide bonds. The zero-order chi connectivity index (χ0) is 25.9. The Labute approximate surface area is 210 Å². The van der Waals surface area contributed by atoms with Crippen molar-refractivity contribution >= 4 is 40.4 Å². The van der Waals surface area contributed by atoms with Crippen molar-refractivity contribution in [1.29, 1.82) is 5.26 Å². The minimum absolute atomic E-state index is 0.168. The number of hydrogen-bond acceptors (Lipinski definition) is 8. The van der Waals surface area contributed by atoms with E-state index in [-0.39, 0.29) is 17.0 Å². The van der Waals surface area contributed by atoms with E-state index in [2.05, 4.69) is 25.3 Å². The number of aliphatic hydroxyl groups is 1. The summed E-state index contributed by atoms with van der Waals surface area (Å²) in [5, 5.41) is 25.3. The molecule has 4 rings (SSSR count).